The third kappa shape index (κ3) is 4.88. The molecule has 0 radical (unpaired) electrons. The zero-order valence-electron chi connectivity index (χ0n) is 13.0. The van der Waals surface area contributed by atoms with Crippen molar-refractivity contribution in [1.82, 2.24) is 0 Å². The lowest BCUT2D eigenvalue weighted by Gasteiger charge is -2.29. The maximum Gasteiger partial charge on any atom is 0.328 e. The van der Waals surface area contributed by atoms with Gasteiger partial charge in [0.15, 0.2) is 5.78 Å². The molecule has 0 aromatic carbocycles. The number of thioether (sulfide) groups is 1. The van der Waals surface area contributed by atoms with Crippen molar-refractivity contribution in [2.45, 2.75) is 46.1 Å². The third-order valence-corrected chi connectivity index (χ3v) is 4.09. The van der Waals surface area contributed by atoms with E-state index in [4.69, 9.17) is 0 Å². The van der Waals surface area contributed by atoms with E-state index >= 15 is 0 Å². The molecule has 5 nitrogen and oxygen atoms in total. The molecular formula is C15H23NO4S. The van der Waals surface area contributed by atoms with Gasteiger partial charge in [-0.1, -0.05) is 13.8 Å². The Balaban J connectivity index is 3.04. The van der Waals surface area contributed by atoms with Crippen LogP contribution in [0.2, 0.25) is 0 Å². The highest BCUT2D eigenvalue weighted by Crippen LogP contribution is 2.36. The lowest BCUT2D eigenvalue weighted by Crippen LogP contribution is -2.29. The van der Waals surface area contributed by atoms with Crippen LogP contribution in [0, 0.1) is 5.41 Å². The molecule has 6 heteroatoms. The summed E-state index contributed by atoms with van der Waals surface area (Å²) in [7, 11) is 0. The number of rotatable bonds is 6. The zero-order valence-corrected chi connectivity index (χ0v) is 13.8. The van der Waals surface area contributed by atoms with Crippen LogP contribution in [0.3, 0.4) is 0 Å². The number of aliphatic carboxylic acids is 1. The highest BCUT2D eigenvalue weighted by atomic mass is 32.2. The molecule has 0 bridgehead atoms. The van der Waals surface area contributed by atoms with Gasteiger partial charge in [-0.05, 0) is 30.8 Å². The molecule has 0 aromatic rings. The number of hydrogen-bond donors (Lipinski definition) is 2. The number of hydrogen-bond acceptors (Lipinski definition) is 5. The topological polar surface area (TPSA) is 87.0 Å². The number of carboxylic acids is 1. The minimum Gasteiger partial charge on any atom is -0.511 e. The molecule has 0 aromatic heterocycles. The number of ketones is 1. The number of nitrogens with zero attached hydrogens (tertiary/aromatic N) is 1. The Bertz CT molecular complexity index is 494. The van der Waals surface area contributed by atoms with E-state index in [2.05, 4.69) is 4.99 Å². The molecule has 1 aliphatic carbocycles. The van der Waals surface area contributed by atoms with Crippen molar-refractivity contribution >= 4 is 29.2 Å². The monoisotopic (exact) mass is 313 g/mol. The molecule has 0 spiro atoms. The molecule has 0 amide bonds. The van der Waals surface area contributed by atoms with Gasteiger partial charge in [-0.15, -0.1) is 0 Å². The minimum absolute atomic E-state index is 0.0199. The number of carbonyl (C=O) groups is 2. The summed E-state index contributed by atoms with van der Waals surface area (Å²) in [4.78, 5) is 27.5. The number of allylic oxidation sites excluding steroid dienone is 2. The van der Waals surface area contributed by atoms with Crippen molar-refractivity contribution < 1.29 is 19.8 Å². The first-order valence-electron chi connectivity index (χ1n) is 6.90. The number of aliphatic imine (C=N–C) groups is 1. The Morgan fingerprint density at radius 1 is 1.43 bits per heavy atom. The summed E-state index contributed by atoms with van der Waals surface area (Å²) < 4.78 is 0. The summed E-state index contributed by atoms with van der Waals surface area (Å²) >= 11 is 1.55. The van der Waals surface area contributed by atoms with Crippen molar-refractivity contribution in [3.8, 4) is 0 Å². The molecule has 1 aliphatic rings. The largest absolute Gasteiger partial charge is 0.511 e. The second kappa shape index (κ2) is 7.11. The molecular weight excluding hydrogens is 290 g/mol. The number of carboxylic acid groups (broad SMARTS) is 1. The summed E-state index contributed by atoms with van der Waals surface area (Å²) in [5.41, 5.74) is 0.252. The van der Waals surface area contributed by atoms with Gasteiger partial charge in [0, 0.05) is 18.6 Å². The quantitative estimate of drug-likeness (QED) is 0.736. The Labute approximate surface area is 129 Å². The standard InChI is InChI=1S/C15H23NO4S/c1-9(16-10(14(19)20)5-6-21-4)13-11(17)7-15(2,3)8-12(13)18/h10,17H,5-8H2,1-4H3,(H,19,20)/t10-/m0/s1. The fourth-order valence-electron chi connectivity index (χ4n) is 2.47. The molecule has 0 fully saturated rings. The molecule has 0 heterocycles. The van der Waals surface area contributed by atoms with E-state index in [1.807, 2.05) is 20.1 Å². The molecule has 0 saturated carbocycles. The van der Waals surface area contributed by atoms with E-state index in [9.17, 15) is 19.8 Å². The van der Waals surface area contributed by atoms with Crippen LogP contribution in [0.15, 0.2) is 16.3 Å². The molecule has 1 atom stereocenters. The predicted octanol–water partition coefficient (Wildman–Crippen LogP) is 2.85. The molecule has 21 heavy (non-hydrogen) atoms. The van der Waals surface area contributed by atoms with Crippen molar-refractivity contribution in [3.05, 3.63) is 11.3 Å². The normalized spacial score (nSPS) is 20.6. The Morgan fingerprint density at radius 3 is 2.52 bits per heavy atom. The minimum atomic E-state index is -1.01. The molecule has 118 valence electrons. The number of aliphatic hydroxyl groups excluding tert-OH is 1. The summed E-state index contributed by atoms with van der Waals surface area (Å²) in [6.45, 7) is 5.43. The van der Waals surface area contributed by atoms with Crippen LogP contribution in [-0.4, -0.2) is 45.7 Å². The van der Waals surface area contributed by atoms with Gasteiger partial charge >= 0.3 is 5.97 Å². The second-order valence-electron chi connectivity index (χ2n) is 6.11. The second-order valence-corrected chi connectivity index (χ2v) is 7.10. The van der Waals surface area contributed by atoms with Gasteiger partial charge < -0.3 is 10.2 Å². The van der Waals surface area contributed by atoms with E-state index in [0.29, 0.717) is 30.7 Å². The molecule has 1 rings (SSSR count). The Kier molecular flexibility index (Phi) is 6.01. The van der Waals surface area contributed by atoms with E-state index in [-0.39, 0.29) is 22.5 Å². The van der Waals surface area contributed by atoms with Crippen molar-refractivity contribution in [2.75, 3.05) is 12.0 Å². The molecule has 0 aliphatic heterocycles. The van der Waals surface area contributed by atoms with Crippen LogP contribution in [0.4, 0.5) is 0 Å². The summed E-state index contributed by atoms with van der Waals surface area (Å²) in [5, 5.41) is 19.3. The van der Waals surface area contributed by atoms with Crippen LogP contribution >= 0.6 is 11.8 Å². The van der Waals surface area contributed by atoms with E-state index in [1.165, 1.54) is 0 Å². The summed E-state index contributed by atoms with van der Waals surface area (Å²) in [6, 6.07) is -0.875. The maximum atomic E-state index is 12.2. The fourth-order valence-corrected chi connectivity index (χ4v) is 2.93. The Morgan fingerprint density at radius 2 is 2.05 bits per heavy atom. The van der Waals surface area contributed by atoms with Gasteiger partial charge in [0.05, 0.1) is 5.57 Å². The third-order valence-electron chi connectivity index (χ3n) is 3.44. The molecule has 2 N–H and O–H groups in total. The van der Waals surface area contributed by atoms with Crippen molar-refractivity contribution in [1.29, 1.82) is 0 Å². The SMILES string of the molecule is CSCC[C@H](N=C(C)C1=C(O)CC(C)(C)CC1=O)C(=O)O. The summed E-state index contributed by atoms with van der Waals surface area (Å²) in [5.74, 6) is -0.475. The van der Waals surface area contributed by atoms with Crippen LogP contribution in [0.1, 0.15) is 40.0 Å². The van der Waals surface area contributed by atoms with Crippen LogP contribution < -0.4 is 0 Å². The first-order valence-corrected chi connectivity index (χ1v) is 8.29. The zero-order chi connectivity index (χ0) is 16.2. The van der Waals surface area contributed by atoms with E-state index < -0.39 is 12.0 Å². The van der Waals surface area contributed by atoms with Gasteiger partial charge in [-0.3, -0.25) is 9.79 Å². The first kappa shape index (κ1) is 17.8. The smallest absolute Gasteiger partial charge is 0.328 e. The van der Waals surface area contributed by atoms with E-state index in [0.717, 1.165) is 0 Å². The highest BCUT2D eigenvalue weighted by molar-refractivity contribution is 7.98. The van der Waals surface area contributed by atoms with Gasteiger partial charge in [0.2, 0.25) is 0 Å². The Hall–Kier alpha value is -1.30. The van der Waals surface area contributed by atoms with Crippen molar-refractivity contribution in [3.63, 3.8) is 0 Å². The average Bonchev–Trinajstić information content (AvgIpc) is 2.31. The maximum absolute atomic E-state index is 12.2. The number of carbonyl (C=O) groups excluding carboxylic acids is 1. The number of Topliss-reactive ketones (excluding diaryl/α,β-unsaturated/α-hetero) is 1. The van der Waals surface area contributed by atoms with Crippen LogP contribution in [0.5, 0.6) is 0 Å². The fraction of sp³-hybridized carbons (Fsp3) is 0.667. The van der Waals surface area contributed by atoms with Gasteiger partial charge in [-0.25, -0.2) is 4.79 Å². The molecule has 0 saturated heterocycles. The lowest BCUT2D eigenvalue weighted by molar-refractivity contribution is -0.138. The van der Waals surface area contributed by atoms with Crippen molar-refractivity contribution in [2.24, 2.45) is 10.4 Å². The van der Waals surface area contributed by atoms with Crippen LogP contribution in [-0.2, 0) is 9.59 Å². The van der Waals surface area contributed by atoms with Crippen LogP contribution in [0.25, 0.3) is 0 Å². The predicted molar refractivity (Wildman–Crippen MR) is 85.2 cm³/mol. The van der Waals surface area contributed by atoms with Gasteiger partial charge in [0.1, 0.15) is 11.8 Å². The first-order chi connectivity index (χ1) is 9.68. The highest BCUT2D eigenvalue weighted by Gasteiger charge is 2.34. The lowest BCUT2D eigenvalue weighted by atomic mass is 9.76. The van der Waals surface area contributed by atoms with Gasteiger partial charge in [-0.2, -0.15) is 11.8 Å². The molecule has 0 unspecified atom stereocenters. The average molecular weight is 313 g/mol. The number of aliphatic hydroxyl groups is 1. The van der Waals surface area contributed by atoms with E-state index in [1.54, 1.807) is 18.7 Å². The van der Waals surface area contributed by atoms with Gasteiger partial charge in [0.25, 0.3) is 0 Å². The summed E-state index contributed by atoms with van der Waals surface area (Å²) in [6.07, 6.45) is 3.05.